The van der Waals surface area contributed by atoms with Crippen LogP contribution in [0.25, 0.3) is 5.69 Å². The van der Waals surface area contributed by atoms with Gasteiger partial charge in [0.1, 0.15) is 11.8 Å². The second-order valence-corrected chi connectivity index (χ2v) is 6.10. The van der Waals surface area contributed by atoms with E-state index in [1.807, 2.05) is 49.4 Å². The summed E-state index contributed by atoms with van der Waals surface area (Å²) in [6, 6.07) is 18.8. The standard InChI is InChI=1S/C20H16ClN3O/c1-14-11-17(21)7-8-18(14)24-10-9-16(12-22)19(24)20(25)23-13-15-5-3-2-4-6-15/h2-11H,13H2,1H3,(H,23,25). The molecule has 124 valence electrons. The summed E-state index contributed by atoms with van der Waals surface area (Å²) >= 11 is 6.02. The Balaban J connectivity index is 1.93. The van der Waals surface area contributed by atoms with Crippen LogP contribution in [0.3, 0.4) is 0 Å². The van der Waals surface area contributed by atoms with Crippen molar-refractivity contribution in [2.75, 3.05) is 0 Å². The SMILES string of the molecule is Cc1cc(Cl)ccc1-n1ccc(C#N)c1C(=O)NCc1ccccc1. The first kappa shape index (κ1) is 16.8. The minimum atomic E-state index is -0.292. The molecule has 1 aromatic heterocycles. The molecule has 0 aliphatic carbocycles. The van der Waals surface area contributed by atoms with Gasteiger partial charge in [-0.1, -0.05) is 41.9 Å². The third-order valence-corrected chi connectivity index (χ3v) is 4.17. The molecule has 0 saturated heterocycles. The monoisotopic (exact) mass is 349 g/mol. The fourth-order valence-electron chi connectivity index (χ4n) is 2.71. The van der Waals surface area contributed by atoms with Gasteiger partial charge in [-0.15, -0.1) is 0 Å². The van der Waals surface area contributed by atoms with Gasteiger partial charge < -0.3 is 9.88 Å². The molecular weight excluding hydrogens is 334 g/mol. The number of amides is 1. The summed E-state index contributed by atoms with van der Waals surface area (Å²) in [5.41, 5.74) is 3.39. The van der Waals surface area contributed by atoms with Crippen molar-refractivity contribution in [2.45, 2.75) is 13.5 Å². The predicted octanol–water partition coefficient (Wildman–Crippen LogP) is 4.24. The molecule has 1 heterocycles. The number of aromatic nitrogens is 1. The summed E-state index contributed by atoms with van der Waals surface area (Å²) in [6.45, 7) is 2.31. The van der Waals surface area contributed by atoms with Gasteiger partial charge >= 0.3 is 0 Å². The highest BCUT2D eigenvalue weighted by molar-refractivity contribution is 6.30. The molecule has 0 aliphatic rings. The van der Waals surface area contributed by atoms with Gasteiger partial charge in [0.2, 0.25) is 0 Å². The number of hydrogen-bond donors (Lipinski definition) is 1. The zero-order valence-corrected chi connectivity index (χ0v) is 14.4. The van der Waals surface area contributed by atoms with Gasteiger partial charge in [-0.2, -0.15) is 5.26 Å². The molecule has 1 amide bonds. The summed E-state index contributed by atoms with van der Waals surface area (Å²) in [5, 5.41) is 12.9. The Hall–Kier alpha value is -3.03. The summed E-state index contributed by atoms with van der Waals surface area (Å²) < 4.78 is 1.73. The summed E-state index contributed by atoms with van der Waals surface area (Å²) in [4.78, 5) is 12.7. The van der Waals surface area contributed by atoms with E-state index in [0.29, 0.717) is 22.8 Å². The van der Waals surface area contributed by atoms with E-state index in [-0.39, 0.29) is 5.91 Å². The van der Waals surface area contributed by atoms with Crippen LogP contribution in [0.1, 0.15) is 27.2 Å². The number of halogens is 1. The zero-order valence-electron chi connectivity index (χ0n) is 13.7. The highest BCUT2D eigenvalue weighted by atomic mass is 35.5. The minimum absolute atomic E-state index is 0.292. The fourth-order valence-corrected chi connectivity index (χ4v) is 2.93. The van der Waals surface area contributed by atoms with Gasteiger partial charge in [-0.05, 0) is 42.3 Å². The van der Waals surface area contributed by atoms with Gasteiger partial charge in [0.25, 0.3) is 5.91 Å². The Morgan fingerprint density at radius 3 is 2.64 bits per heavy atom. The molecule has 0 aliphatic heterocycles. The van der Waals surface area contributed by atoms with E-state index in [4.69, 9.17) is 11.6 Å². The maximum Gasteiger partial charge on any atom is 0.269 e. The van der Waals surface area contributed by atoms with Gasteiger partial charge in [0.05, 0.1) is 5.56 Å². The Labute approximate surface area is 151 Å². The second kappa shape index (κ2) is 7.25. The number of carbonyl (C=O) groups excluding carboxylic acids is 1. The normalized spacial score (nSPS) is 10.3. The van der Waals surface area contributed by atoms with Gasteiger partial charge in [0, 0.05) is 23.5 Å². The molecule has 4 nitrogen and oxygen atoms in total. The summed E-state index contributed by atoms with van der Waals surface area (Å²) in [6.07, 6.45) is 1.73. The smallest absolute Gasteiger partial charge is 0.269 e. The van der Waals surface area contributed by atoms with Crippen LogP contribution < -0.4 is 5.32 Å². The van der Waals surface area contributed by atoms with E-state index in [1.165, 1.54) is 0 Å². The molecule has 0 saturated carbocycles. The highest BCUT2D eigenvalue weighted by Crippen LogP contribution is 2.23. The molecule has 3 rings (SSSR count). The van der Waals surface area contributed by atoms with Crippen molar-refractivity contribution < 1.29 is 4.79 Å². The zero-order chi connectivity index (χ0) is 17.8. The lowest BCUT2D eigenvalue weighted by Crippen LogP contribution is -2.26. The predicted molar refractivity (Wildman–Crippen MR) is 97.8 cm³/mol. The molecule has 2 aromatic carbocycles. The lowest BCUT2D eigenvalue weighted by molar-refractivity contribution is 0.0944. The molecule has 0 spiro atoms. The van der Waals surface area contributed by atoms with Crippen LogP contribution in [0.2, 0.25) is 5.02 Å². The number of aryl methyl sites for hydroxylation is 1. The molecule has 0 fully saturated rings. The van der Waals surface area contributed by atoms with Crippen molar-refractivity contribution in [3.63, 3.8) is 0 Å². The minimum Gasteiger partial charge on any atom is -0.347 e. The van der Waals surface area contributed by atoms with Crippen molar-refractivity contribution in [1.82, 2.24) is 9.88 Å². The number of benzene rings is 2. The van der Waals surface area contributed by atoms with Gasteiger partial charge in [-0.3, -0.25) is 4.79 Å². The molecule has 5 heteroatoms. The van der Waals surface area contributed by atoms with Crippen molar-refractivity contribution in [2.24, 2.45) is 0 Å². The van der Waals surface area contributed by atoms with Crippen molar-refractivity contribution >= 4 is 17.5 Å². The number of nitriles is 1. The molecule has 0 radical (unpaired) electrons. The lowest BCUT2D eigenvalue weighted by atomic mass is 10.1. The van der Waals surface area contributed by atoms with Crippen LogP contribution in [0.4, 0.5) is 0 Å². The van der Waals surface area contributed by atoms with E-state index in [0.717, 1.165) is 16.8 Å². The number of hydrogen-bond acceptors (Lipinski definition) is 2. The van der Waals surface area contributed by atoms with E-state index in [1.54, 1.807) is 22.9 Å². The molecule has 0 atom stereocenters. The molecule has 25 heavy (non-hydrogen) atoms. The van der Waals surface area contributed by atoms with Crippen LogP contribution in [-0.2, 0) is 6.54 Å². The molecular formula is C20H16ClN3O. The van der Waals surface area contributed by atoms with E-state index < -0.39 is 0 Å². The topological polar surface area (TPSA) is 57.8 Å². The summed E-state index contributed by atoms with van der Waals surface area (Å²) in [7, 11) is 0. The fraction of sp³-hybridized carbons (Fsp3) is 0.100. The van der Waals surface area contributed by atoms with Gasteiger partial charge in [-0.25, -0.2) is 0 Å². The average Bonchev–Trinajstić information content (AvgIpc) is 3.04. The summed E-state index contributed by atoms with van der Waals surface area (Å²) in [5.74, 6) is -0.292. The van der Waals surface area contributed by atoms with Crippen LogP contribution in [0.5, 0.6) is 0 Å². The Kier molecular flexibility index (Phi) is 4.87. The highest BCUT2D eigenvalue weighted by Gasteiger charge is 2.19. The first-order valence-electron chi connectivity index (χ1n) is 7.80. The van der Waals surface area contributed by atoms with Gasteiger partial charge in [0.15, 0.2) is 0 Å². The van der Waals surface area contributed by atoms with Crippen LogP contribution in [0.15, 0.2) is 60.8 Å². The molecule has 0 bridgehead atoms. The van der Waals surface area contributed by atoms with E-state index in [2.05, 4.69) is 11.4 Å². The van der Waals surface area contributed by atoms with Crippen molar-refractivity contribution in [1.29, 1.82) is 5.26 Å². The molecule has 0 unspecified atom stereocenters. The first-order valence-corrected chi connectivity index (χ1v) is 8.18. The molecule has 3 aromatic rings. The average molecular weight is 350 g/mol. The molecule has 1 N–H and O–H groups in total. The number of rotatable bonds is 4. The number of carbonyl (C=O) groups is 1. The van der Waals surface area contributed by atoms with E-state index >= 15 is 0 Å². The van der Waals surface area contributed by atoms with E-state index in [9.17, 15) is 10.1 Å². The Morgan fingerprint density at radius 1 is 1.20 bits per heavy atom. The van der Waals surface area contributed by atoms with Crippen LogP contribution in [0, 0.1) is 18.3 Å². The maximum absolute atomic E-state index is 12.7. The Bertz CT molecular complexity index is 955. The number of nitrogens with one attached hydrogen (secondary N) is 1. The third kappa shape index (κ3) is 3.57. The third-order valence-electron chi connectivity index (χ3n) is 3.94. The maximum atomic E-state index is 12.7. The van der Waals surface area contributed by atoms with Crippen molar-refractivity contribution in [3.8, 4) is 11.8 Å². The quantitative estimate of drug-likeness (QED) is 0.765. The van der Waals surface area contributed by atoms with Crippen molar-refractivity contribution in [3.05, 3.63) is 88.2 Å². The lowest BCUT2D eigenvalue weighted by Gasteiger charge is -2.13. The number of nitrogens with zero attached hydrogens (tertiary/aromatic N) is 2. The second-order valence-electron chi connectivity index (χ2n) is 5.66. The van der Waals surface area contributed by atoms with Crippen LogP contribution >= 0.6 is 11.6 Å². The van der Waals surface area contributed by atoms with Crippen LogP contribution in [-0.4, -0.2) is 10.5 Å². The Morgan fingerprint density at radius 2 is 1.96 bits per heavy atom. The first-order chi connectivity index (χ1) is 12.1. The largest absolute Gasteiger partial charge is 0.347 e.